The van der Waals surface area contributed by atoms with Crippen LogP contribution < -0.4 is 11.1 Å². The minimum absolute atomic E-state index is 0.0486. The summed E-state index contributed by atoms with van der Waals surface area (Å²) in [5, 5.41) is 9.55. The number of nitrogens with two attached hydrogens (primary N) is 1. The van der Waals surface area contributed by atoms with Crippen molar-refractivity contribution < 1.29 is 9.21 Å². The van der Waals surface area contributed by atoms with Gasteiger partial charge >= 0.3 is 0 Å². The largest absolute Gasteiger partial charge is 0.463 e. The molecule has 3 rings (SSSR count). The van der Waals surface area contributed by atoms with Crippen LogP contribution >= 0.6 is 0 Å². The van der Waals surface area contributed by atoms with E-state index in [4.69, 9.17) is 10.2 Å². The maximum absolute atomic E-state index is 11.9. The van der Waals surface area contributed by atoms with E-state index in [0.29, 0.717) is 29.6 Å². The predicted octanol–water partition coefficient (Wildman–Crippen LogP) is 1.14. The van der Waals surface area contributed by atoms with Crippen LogP contribution in [0.15, 0.2) is 28.9 Å². The minimum atomic E-state index is -0.217. The average molecular weight is 260 g/mol. The molecular formula is C13H16N4O2. The molecule has 1 saturated carbocycles. The van der Waals surface area contributed by atoms with Crippen molar-refractivity contribution in [3.63, 3.8) is 0 Å². The Morgan fingerprint density at radius 2 is 2.47 bits per heavy atom. The maximum Gasteiger partial charge on any atom is 0.271 e. The van der Waals surface area contributed by atoms with E-state index in [1.807, 2.05) is 0 Å². The highest BCUT2D eigenvalue weighted by Crippen LogP contribution is 2.31. The van der Waals surface area contributed by atoms with E-state index in [1.165, 1.54) is 12.8 Å². The zero-order chi connectivity index (χ0) is 13.2. The Hall–Kier alpha value is -2.08. The molecule has 1 fully saturated rings. The second kappa shape index (κ2) is 4.89. The van der Waals surface area contributed by atoms with E-state index in [0.717, 1.165) is 0 Å². The van der Waals surface area contributed by atoms with Gasteiger partial charge in [-0.05, 0) is 30.9 Å². The van der Waals surface area contributed by atoms with Crippen LogP contribution in [-0.4, -0.2) is 28.7 Å². The molecule has 100 valence electrons. The van der Waals surface area contributed by atoms with Crippen LogP contribution in [-0.2, 0) is 0 Å². The standard InChI is InChI=1S/C13H16N4O2/c14-9(8-3-4-8)7-15-13(18)11-6-10(16-17-11)12-2-1-5-19-12/h1-2,5-6,8-9H,3-4,7,14H2,(H,15,18)(H,16,17). The van der Waals surface area contributed by atoms with E-state index in [1.54, 1.807) is 24.5 Å². The lowest BCUT2D eigenvalue weighted by molar-refractivity contribution is 0.0945. The van der Waals surface area contributed by atoms with Crippen molar-refractivity contribution in [3.8, 4) is 11.5 Å². The van der Waals surface area contributed by atoms with Crippen LogP contribution in [0, 0.1) is 5.92 Å². The van der Waals surface area contributed by atoms with Crippen molar-refractivity contribution in [3.05, 3.63) is 30.2 Å². The third-order valence-electron chi connectivity index (χ3n) is 3.32. The Morgan fingerprint density at radius 3 is 3.16 bits per heavy atom. The number of rotatable bonds is 5. The molecule has 2 heterocycles. The third kappa shape index (κ3) is 2.68. The smallest absolute Gasteiger partial charge is 0.271 e. The second-order valence-electron chi connectivity index (χ2n) is 4.86. The molecule has 0 aliphatic heterocycles. The molecule has 1 amide bonds. The van der Waals surface area contributed by atoms with Crippen LogP contribution in [0.5, 0.6) is 0 Å². The minimum Gasteiger partial charge on any atom is -0.463 e. The van der Waals surface area contributed by atoms with Gasteiger partial charge in [-0.3, -0.25) is 9.89 Å². The van der Waals surface area contributed by atoms with E-state index in [2.05, 4.69) is 15.5 Å². The van der Waals surface area contributed by atoms with Crippen LogP contribution in [0.2, 0.25) is 0 Å². The van der Waals surface area contributed by atoms with Crippen LogP contribution in [0.1, 0.15) is 23.3 Å². The number of aromatic amines is 1. The first-order chi connectivity index (χ1) is 9.24. The van der Waals surface area contributed by atoms with E-state index in [-0.39, 0.29) is 11.9 Å². The number of H-pyrrole nitrogens is 1. The molecule has 0 radical (unpaired) electrons. The van der Waals surface area contributed by atoms with Crippen LogP contribution in [0.25, 0.3) is 11.5 Å². The fraction of sp³-hybridized carbons (Fsp3) is 0.385. The molecule has 2 aromatic rings. The number of furan rings is 1. The molecule has 1 atom stereocenters. The SMILES string of the molecule is NC(CNC(=O)c1cc(-c2ccco2)[nH]n1)C1CC1. The zero-order valence-electron chi connectivity index (χ0n) is 10.4. The Bertz CT molecular complexity index is 557. The number of nitrogens with zero attached hydrogens (tertiary/aromatic N) is 1. The Morgan fingerprint density at radius 1 is 1.63 bits per heavy atom. The molecule has 0 saturated heterocycles. The number of carbonyl (C=O) groups is 1. The highest BCUT2D eigenvalue weighted by Gasteiger charge is 2.28. The Kier molecular flexibility index (Phi) is 3.08. The predicted molar refractivity (Wildman–Crippen MR) is 69.3 cm³/mol. The molecule has 1 unspecified atom stereocenters. The highest BCUT2D eigenvalue weighted by atomic mass is 16.3. The average Bonchev–Trinajstić information content (AvgIpc) is 2.94. The van der Waals surface area contributed by atoms with E-state index < -0.39 is 0 Å². The Labute approximate surface area is 110 Å². The van der Waals surface area contributed by atoms with Gasteiger partial charge in [0.15, 0.2) is 11.5 Å². The van der Waals surface area contributed by atoms with Crippen molar-refractivity contribution >= 4 is 5.91 Å². The third-order valence-corrected chi connectivity index (χ3v) is 3.32. The van der Waals surface area contributed by atoms with Gasteiger partial charge in [-0.2, -0.15) is 5.10 Å². The molecule has 2 aromatic heterocycles. The number of hydrogen-bond acceptors (Lipinski definition) is 4. The topological polar surface area (TPSA) is 96.9 Å². The fourth-order valence-corrected chi connectivity index (χ4v) is 1.99. The number of carbonyl (C=O) groups excluding carboxylic acids is 1. The quantitative estimate of drug-likeness (QED) is 0.750. The molecule has 19 heavy (non-hydrogen) atoms. The fourth-order valence-electron chi connectivity index (χ4n) is 1.99. The first-order valence-corrected chi connectivity index (χ1v) is 6.37. The molecule has 1 aliphatic rings. The van der Waals surface area contributed by atoms with Crippen molar-refractivity contribution in [1.82, 2.24) is 15.5 Å². The first kappa shape index (κ1) is 12.0. The van der Waals surface area contributed by atoms with Gasteiger partial charge < -0.3 is 15.5 Å². The lowest BCUT2D eigenvalue weighted by atomic mass is 10.2. The Balaban J connectivity index is 1.60. The van der Waals surface area contributed by atoms with Crippen LogP contribution in [0.3, 0.4) is 0 Å². The number of aromatic nitrogens is 2. The highest BCUT2D eigenvalue weighted by molar-refractivity contribution is 5.93. The molecule has 6 nitrogen and oxygen atoms in total. The molecule has 6 heteroatoms. The summed E-state index contributed by atoms with van der Waals surface area (Å²) >= 11 is 0. The summed E-state index contributed by atoms with van der Waals surface area (Å²) in [6, 6.07) is 5.30. The summed E-state index contributed by atoms with van der Waals surface area (Å²) in [6.07, 6.45) is 3.91. The summed E-state index contributed by atoms with van der Waals surface area (Å²) in [6.45, 7) is 0.493. The lowest BCUT2D eigenvalue weighted by Gasteiger charge is -2.10. The number of hydrogen-bond donors (Lipinski definition) is 3. The summed E-state index contributed by atoms with van der Waals surface area (Å²) < 4.78 is 5.23. The normalized spacial score (nSPS) is 16.3. The second-order valence-corrected chi connectivity index (χ2v) is 4.86. The molecule has 1 aliphatic carbocycles. The number of amides is 1. The molecule has 0 aromatic carbocycles. The molecule has 0 bridgehead atoms. The van der Waals surface area contributed by atoms with Gasteiger partial charge in [0.1, 0.15) is 5.69 Å². The van der Waals surface area contributed by atoms with Gasteiger partial charge in [-0.1, -0.05) is 0 Å². The zero-order valence-corrected chi connectivity index (χ0v) is 10.4. The van der Waals surface area contributed by atoms with E-state index in [9.17, 15) is 4.79 Å². The molecular weight excluding hydrogens is 244 g/mol. The van der Waals surface area contributed by atoms with Crippen molar-refractivity contribution in [2.45, 2.75) is 18.9 Å². The summed E-state index contributed by atoms with van der Waals surface area (Å²) in [7, 11) is 0. The van der Waals surface area contributed by atoms with Crippen LogP contribution in [0.4, 0.5) is 0 Å². The van der Waals surface area contributed by atoms with Gasteiger partial charge in [0.05, 0.1) is 6.26 Å². The van der Waals surface area contributed by atoms with Gasteiger partial charge in [0.25, 0.3) is 5.91 Å². The van der Waals surface area contributed by atoms with Gasteiger partial charge in [0, 0.05) is 18.7 Å². The van der Waals surface area contributed by atoms with Crippen molar-refractivity contribution in [1.29, 1.82) is 0 Å². The van der Waals surface area contributed by atoms with Gasteiger partial charge in [0.2, 0.25) is 0 Å². The lowest BCUT2D eigenvalue weighted by Crippen LogP contribution is -2.38. The van der Waals surface area contributed by atoms with E-state index >= 15 is 0 Å². The van der Waals surface area contributed by atoms with Crippen molar-refractivity contribution in [2.24, 2.45) is 11.7 Å². The van der Waals surface area contributed by atoms with Gasteiger partial charge in [-0.25, -0.2) is 0 Å². The summed E-state index contributed by atoms with van der Waals surface area (Å²) in [4.78, 5) is 11.9. The van der Waals surface area contributed by atoms with Gasteiger partial charge in [-0.15, -0.1) is 0 Å². The monoisotopic (exact) mass is 260 g/mol. The molecule has 4 N–H and O–H groups in total. The molecule has 0 spiro atoms. The van der Waals surface area contributed by atoms with Crippen molar-refractivity contribution in [2.75, 3.05) is 6.54 Å². The summed E-state index contributed by atoms with van der Waals surface area (Å²) in [5.74, 6) is 1.00. The first-order valence-electron chi connectivity index (χ1n) is 6.37. The summed E-state index contributed by atoms with van der Waals surface area (Å²) in [5.41, 5.74) is 6.95. The number of nitrogens with one attached hydrogen (secondary N) is 2. The maximum atomic E-state index is 11.9.